The largest absolute Gasteiger partial charge is 3.00 e. The molecule has 1 radical (unpaired) electrons. The van der Waals surface area contributed by atoms with Gasteiger partial charge >= 0.3 is 38.2 Å². The fraction of sp³-hybridized carbons (Fsp3) is 0. The van der Waals surface area contributed by atoms with Gasteiger partial charge in [0.1, 0.15) is 0 Å². The predicted octanol–water partition coefficient (Wildman–Crippen LogP) is -13.9. The molecule has 0 saturated carbocycles. The van der Waals surface area contributed by atoms with Crippen LogP contribution < -0.4 is 37.2 Å². The Morgan fingerprint density at radius 3 is 0.300 bits per heavy atom. The molecule has 79 valence electrons. The Balaban J connectivity index is 0. The van der Waals surface area contributed by atoms with Crippen molar-refractivity contribution in [1.82, 2.24) is 0 Å². The molecular formula is H12Cl3DyO6. The first-order valence-corrected chi connectivity index (χ1v) is 0. The van der Waals surface area contributed by atoms with Gasteiger partial charge in [0.15, 0.2) is 0 Å². The minimum Gasteiger partial charge on any atom is -1.00 e. The summed E-state index contributed by atoms with van der Waals surface area (Å²) < 4.78 is 0. The molecule has 0 bridgehead atoms. The van der Waals surface area contributed by atoms with Crippen LogP contribution in [0.2, 0.25) is 0 Å². The summed E-state index contributed by atoms with van der Waals surface area (Å²) in [5.74, 6) is 0. The summed E-state index contributed by atoms with van der Waals surface area (Å²) in [5, 5.41) is 0. The summed E-state index contributed by atoms with van der Waals surface area (Å²) >= 11 is 0. The van der Waals surface area contributed by atoms with Gasteiger partial charge in [0.25, 0.3) is 0 Å². The first kappa shape index (κ1) is 391. The second-order valence-corrected chi connectivity index (χ2v) is 0. The molecule has 0 rings (SSSR count). The van der Waals surface area contributed by atoms with Gasteiger partial charge in [0.2, 0.25) is 0 Å². The molecule has 0 aliphatic heterocycles. The summed E-state index contributed by atoms with van der Waals surface area (Å²) in [5.41, 5.74) is 0. The van der Waals surface area contributed by atoms with Gasteiger partial charge in [-0.15, -0.1) is 0 Å². The molecule has 0 aromatic heterocycles. The molecule has 0 aliphatic rings. The van der Waals surface area contributed by atoms with Crippen LogP contribution in [0.25, 0.3) is 0 Å². The van der Waals surface area contributed by atoms with Crippen LogP contribution in [-0.2, 0) is 0 Å². The van der Waals surface area contributed by atoms with Crippen LogP contribution in [0.5, 0.6) is 0 Å². The van der Waals surface area contributed by atoms with E-state index < -0.39 is 0 Å². The van der Waals surface area contributed by atoms with E-state index in [1.165, 1.54) is 0 Å². The minimum absolute atomic E-state index is 0. The van der Waals surface area contributed by atoms with E-state index in [9.17, 15) is 0 Å². The summed E-state index contributed by atoms with van der Waals surface area (Å²) in [6, 6.07) is 0. The molecule has 10 heavy (non-hydrogen) atoms. The standard InChI is InChI=1S/3ClH.Dy.6H2O/h3*1H;;6*1H2/q;;;+3;;;;;;/p-3. The van der Waals surface area contributed by atoms with Crippen LogP contribution >= 0.6 is 0 Å². The van der Waals surface area contributed by atoms with Crippen molar-refractivity contribution >= 4 is 0 Å². The summed E-state index contributed by atoms with van der Waals surface area (Å²) in [6.45, 7) is 0. The van der Waals surface area contributed by atoms with E-state index in [-0.39, 0.29) is 108 Å². The van der Waals surface area contributed by atoms with Crippen molar-refractivity contribution < 1.29 is 108 Å². The van der Waals surface area contributed by atoms with E-state index in [1.807, 2.05) is 0 Å². The van der Waals surface area contributed by atoms with Crippen molar-refractivity contribution in [2.75, 3.05) is 0 Å². The van der Waals surface area contributed by atoms with Gasteiger partial charge < -0.3 is 70.1 Å². The Kier molecular flexibility index (Phi) is 11500. The predicted molar refractivity (Wildman–Crippen MR) is 21.7 cm³/mol. The molecule has 12 N–H and O–H groups in total. The van der Waals surface area contributed by atoms with Gasteiger partial charge in [-0.3, -0.25) is 0 Å². The molecule has 0 saturated heterocycles. The van der Waals surface area contributed by atoms with Crippen molar-refractivity contribution in [1.29, 1.82) is 0 Å². The van der Waals surface area contributed by atoms with E-state index in [1.54, 1.807) is 0 Å². The van der Waals surface area contributed by atoms with E-state index >= 15 is 0 Å². The van der Waals surface area contributed by atoms with E-state index in [0.717, 1.165) is 0 Å². The summed E-state index contributed by atoms with van der Waals surface area (Å²) in [6.07, 6.45) is 0. The van der Waals surface area contributed by atoms with Crippen molar-refractivity contribution in [3.05, 3.63) is 0 Å². The third-order valence-electron chi connectivity index (χ3n) is 0. The normalized spacial score (nSPS) is 0. The van der Waals surface area contributed by atoms with Crippen molar-refractivity contribution in [2.24, 2.45) is 0 Å². The maximum Gasteiger partial charge on any atom is 3.00 e. The first-order valence-electron chi connectivity index (χ1n) is 0. The molecule has 0 aromatic rings. The van der Waals surface area contributed by atoms with E-state index in [2.05, 4.69) is 0 Å². The Morgan fingerprint density at radius 2 is 0.300 bits per heavy atom. The monoisotopic (exact) mass is 377 g/mol. The topological polar surface area (TPSA) is 189 Å². The Bertz CT molecular complexity index is 13.0. The fourth-order valence-corrected chi connectivity index (χ4v) is 0. The maximum absolute atomic E-state index is 0. The van der Waals surface area contributed by atoms with Gasteiger partial charge in [-0.25, -0.2) is 0 Å². The number of rotatable bonds is 0. The quantitative estimate of drug-likeness (QED) is 0.388. The molecular weight excluding hydrogens is 365 g/mol. The van der Waals surface area contributed by atoms with Crippen LogP contribution in [0, 0.1) is 38.2 Å². The number of halogens is 3. The molecule has 0 unspecified atom stereocenters. The second kappa shape index (κ2) is 295. The van der Waals surface area contributed by atoms with Gasteiger partial charge in [-0.1, -0.05) is 0 Å². The molecule has 0 aliphatic carbocycles. The Hall–Kier alpha value is 1.90. The average Bonchev–Trinajstić information content (AvgIpc) is 0. The minimum atomic E-state index is 0. The van der Waals surface area contributed by atoms with Gasteiger partial charge in [0, 0.05) is 0 Å². The van der Waals surface area contributed by atoms with Crippen molar-refractivity contribution in [2.45, 2.75) is 0 Å². The Labute approximate surface area is 107 Å². The first-order chi connectivity index (χ1) is 0. The molecule has 0 fully saturated rings. The van der Waals surface area contributed by atoms with Gasteiger partial charge in [-0.2, -0.15) is 0 Å². The molecule has 0 atom stereocenters. The van der Waals surface area contributed by atoms with Crippen LogP contribution in [0.4, 0.5) is 0 Å². The maximum atomic E-state index is 0. The fourth-order valence-electron chi connectivity index (χ4n) is 0. The van der Waals surface area contributed by atoms with Crippen molar-refractivity contribution in [3.8, 4) is 0 Å². The zero-order chi connectivity index (χ0) is 0. The summed E-state index contributed by atoms with van der Waals surface area (Å²) in [4.78, 5) is 0. The van der Waals surface area contributed by atoms with Crippen molar-refractivity contribution in [3.63, 3.8) is 0 Å². The molecule has 0 heterocycles. The number of hydrogen-bond donors (Lipinski definition) is 0. The van der Waals surface area contributed by atoms with Gasteiger partial charge in [-0.05, 0) is 0 Å². The third-order valence-corrected chi connectivity index (χ3v) is 0. The average molecular weight is 377 g/mol. The van der Waals surface area contributed by atoms with Crippen LogP contribution in [0.15, 0.2) is 0 Å². The second-order valence-electron chi connectivity index (χ2n) is 0. The SMILES string of the molecule is O.O.O.O.O.O.[Cl-].[Cl-].[Cl-].[Dy+3]. The smallest absolute Gasteiger partial charge is 1.00 e. The molecule has 0 aromatic carbocycles. The zero-order valence-electron chi connectivity index (χ0n) is 4.45. The molecule has 0 spiro atoms. The Morgan fingerprint density at radius 1 is 0.300 bits per heavy atom. The molecule has 6 nitrogen and oxygen atoms in total. The summed E-state index contributed by atoms with van der Waals surface area (Å²) in [7, 11) is 0. The van der Waals surface area contributed by atoms with Crippen LogP contribution in [0.1, 0.15) is 0 Å². The van der Waals surface area contributed by atoms with Crippen LogP contribution in [-0.4, -0.2) is 32.9 Å². The zero-order valence-corrected chi connectivity index (χ0v) is 8.75. The third kappa shape index (κ3) is 217. The van der Waals surface area contributed by atoms with E-state index in [4.69, 9.17) is 0 Å². The number of hydrogen-bond acceptors (Lipinski definition) is 0. The molecule has 0 amide bonds. The van der Waals surface area contributed by atoms with Gasteiger partial charge in [0.05, 0.1) is 0 Å². The van der Waals surface area contributed by atoms with E-state index in [0.29, 0.717) is 0 Å². The molecule has 10 heteroatoms. The van der Waals surface area contributed by atoms with Crippen LogP contribution in [0.3, 0.4) is 0 Å².